The Bertz CT molecular complexity index is 313. The fourth-order valence-corrected chi connectivity index (χ4v) is 1.86. The summed E-state index contributed by atoms with van der Waals surface area (Å²) in [5.41, 5.74) is 5.45. The van der Waals surface area contributed by atoms with E-state index in [2.05, 4.69) is 5.32 Å². The Morgan fingerprint density at radius 2 is 1.72 bits per heavy atom. The average Bonchev–Trinajstić information content (AvgIpc) is 2.23. The summed E-state index contributed by atoms with van der Waals surface area (Å²) in [5, 5.41) is 2.50. The Morgan fingerprint density at radius 1 is 1.17 bits per heavy atom. The smallest absolute Gasteiger partial charge is 0.217 e. The summed E-state index contributed by atoms with van der Waals surface area (Å²) in [7, 11) is 0. The topological polar surface area (TPSA) is 89.3 Å². The standard InChI is InChI=1S/C13H24N2O3/c1-8(2)5-11(9(3)16)6-13(18)12(7-14)15-10(4)17/h8,11-12H,5-7,14H2,1-4H3,(H,15,17)/t11-,12+/m1/s1. The van der Waals surface area contributed by atoms with Crippen LogP contribution in [0.3, 0.4) is 0 Å². The molecule has 0 unspecified atom stereocenters. The third kappa shape index (κ3) is 6.49. The molecule has 0 radical (unpaired) electrons. The summed E-state index contributed by atoms with van der Waals surface area (Å²) >= 11 is 0. The van der Waals surface area contributed by atoms with Crippen LogP contribution < -0.4 is 11.1 Å². The number of Topliss-reactive ketones (excluding diaryl/α,β-unsaturated/α-hetero) is 2. The number of ketones is 2. The van der Waals surface area contributed by atoms with Gasteiger partial charge in [-0.3, -0.25) is 14.4 Å². The summed E-state index contributed by atoms with van der Waals surface area (Å²) in [6.07, 6.45) is 0.827. The monoisotopic (exact) mass is 256 g/mol. The maximum Gasteiger partial charge on any atom is 0.217 e. The summed E-state index contributed by atoms with van der Waals surface area (Å²) in [4.78, 5) is 34.4. The highest BCUT2D eigenvalue weighted by Gasteiger charge is 2.24. The first-order chi connectivity index (χ1) is 8.27. The zero-order chi connectivity index (χ0) is 14.3. The molecule has 0 bridgehead atoms. The van der Waals surface area contributed by atoms with Crippen LogP contribution in [0, 0.1) is 11.8 Å². The maximum atomic E-state index is 12.0. The summed E-state index contributed by atoms with van der Waals surface area (Å²) in [6.45, 7) is 6.91. The van der Waals surface area contributed by atoms with Gasteiger partial charge in [0, 0.05) is 25.8 Å². The Kier molecular flexibility index (Phi) is 7.43. The van der Waals surface area contributed by atoms with Crippen molar-refractivity contribution >= 4 is 17.5 Å². The van der Waals surface area contributed by atoms with Crippen LogP contribution >= 0.6 is 0 Å². The normalized spacial score (nSPS) is 14.1. The van der Waals surface area contributed by atoms with Crippen molar-refractivity contribution in [3.05, 3.63) is 0 Å². The van der Waals surface area contributed by atoms with Crippen LogP contribution in [0.1, 0.15) is 40.5 Å². The van der Waals surface area contributed by atoms with E-state index in [9.17, 15) is 14.4 Å². The van der Waals surface area contributed by atoms with Gasteiger partial charge < -0.3 is 11.1 Å². The first-order valence-corrected chi connectivity index (χ1v) is 6.28. The molecule has 0 fully saturated rings. The second-order valence-electron chi connectivity index (χ2n) is 5.10. The Balaban J connectivity index is 4.56. The van der Waals surface area contributed by atoms with Gasteiger partial charge in [0.05, 0.1) is 6.04 Å². The number of carbonyl (C=O) groups excluding carboxylic acids is 3. The molecule has 0 aliphatic rings. The van der Waals surface area contributed by atoms with Gasteiger partial charge in [-0.2, -0.15) is 0 Å². The molecule has 0 saturated carbocycles. The molecule has 5 nitrogen and oxygen atoms in total. The van der Waals surface area contributed by atoms with Crippen LogP contribution in [-0.4, -0.2) is 30.1 Å². The van der Waals surface area contributed by atoms with Crippen LogP contribution in [0.5, 0.6) is 0 Å². The van der Waals surface area contributed by atoms with E-state index in [4.69, 9.17) is 5.73 Å². The van der Waals surface area contributed by atoms with E-state index in [0.29, 0.717) is 12.3 Å². The molecule has 0 aromatic carbocycles. The molecule has 0 aliphatic heterocycles. The highest BCUT2D eigenvalue weighted by atomic mass is 16.2. The van der Waals surface area contributed by atoms with Crippen LogP contribution in [0.25, 0.3) is 0 Å². The van der Waals surface area contributed by atoms with Crippen molar-refractivity contribution in [2.45, 2.75) is 46.6 Å². The van der Waals surface area contributed by atoms with Crippen molar-refractivity contribution in [1.82, 2.24) is 5.32 Å². The molecule has 0 spiro atoms. The second-order valence-corrected chi connectivity index (χ2v) is 5.10. The zero-order valence-electron chi connectivity index (χ0n) is 11.7. The molecule has 0 heterocycles. The molecule has 18 heavy (non-hydrogen) atoms. The molecule has 104 valence electrons. The van der Waals surface area contributed by atoms with E-state index in [-0.39, 0.29) is 36.4 Å². The highest BCUT2D eigenvalue weighted by Crippen LogP contribution is 2.17. The molecule has 0 aromatic heterocycles. The SMILES string of the molecule is CC(=O)N[C@@H](CN)C(=O)C[C@@H](CC(C)C)C(C)=O. The van der Waals surface area contributed by atoms with Gasteiger partial charge in [0.1, 0.15) is 5.78 Å². The minimum Gasteiger partial charge on any atom is -0.345 e. The summed E-state index contributed by atoms with van der Waals surface area (Å²) < 4.78 is 0. The van der Waals surface area contributed by atoms with Gasteiger partial charge in [0.2, 0.25) is 5.91 Å². The maximum absolute atomic E-state index is 12.0. The molecular formula is C13H24N2O3. The number of amides is 1. The van der Waals surface area contributed by atoms with Crippen molar-refractivity contribution in [2.24, 2.45) is 17.6 Å². The highest BCUT2D eigenvalue weighted by molar-refractivity contribution is 5.92. The third-order valence-electron chi connectivity index (χ3n) is 2.78. The van der Waals surface area contributed by atoms with Crippen molar-refractivity contribution in [2.75, 3.05) is 6.54 Å². The van der Waals surface area contributed by atoms with E-state index in [1.165, 1.54) is 13.8 Å². The van der Waals surface area contributed by atoms with Crippen molar-refractivity contribution in [3.63, 3.8) is 0 Å². The number of nitrogens with two attached hydrogens (primary N) is 1. The Labute approximate surface area is 108 Å². The van der Waals surface area contributed by atoms with E-state index >= 15 is 0 Å². The molecular weight excluding hydrogens is 232 g/mol. The van der Waals surface area contributed by atoms with E-state index in [1.54, 1.807) is 0 Å². The minimum absolute atomic E-state index is 0.00986. The fraction of sp³-hybridized carbons (Fsp3) is 0.769. The van der Waals surface area contributed by atoms with Crippen molar-refractivity contribution < 1.29 is 14.4 Å². The molecule has 2 atom stereocenters. The number of carbonyl (C=O) groups is 3. The Morgan fingerprint density at radius 3 is 2.06 bits per heavy atom. The predicted molar refractivity (Wildman–Crippen MR) is 69.9 cm³/mol. The van der Waals surface area contributed by atoms with E-state index in [1.807, 2.05) is 13.8 Å². The van der Waals surface area contributed by atoms with Crippen LogP contribution in [0.2, 0.25) is 0 Å². The molecule has 0 aliphatic carbocycles. The minimum atomic E-state index is -0.684. The molecule has 0 saturated heterocycles. The van der Waals surface area contributed by atoms with Gasteiger partial charge in [0.25, 0.3) is 0 Å². The Hall–Kier alpha value is -1.23. The molecule has 0 aromatic rings. The number of rotatable bonds is 8. The van der Waals surface area contributed by atoms with Gasteiger partial charge in [-0.15, -0.1) is 0 Å². The largest absolute Gasteiger partial charge is 0.345 e. The molecule has 5 heteroatoms. The molecule has 0 rings (SSSR count). The fourth-order valence-electron chi connectivity index (χ4n) is 1.86. The van der Waals surface area contributed by atoms with Crippen LogP contribution in [0.15, 0.2) is 0 Å². The lowest BCUT2D eigenvalue weighted by Crippen LogP contribution is -2.45. The zero-order valence-corrected chi connectivity index (χ0v) is 11.7. The first-order valence-electron chi connectivity index (χ1n) is 6.28. The van der Waals surface area contributed by atoms with Gasteiger partial charge in [0.15, 0.2) is 5.78 Å². The van der Waals surface area contributed by atoms with Crippen molar-refractivity contribution in [1.29, 1.82) is 0 Å². The second kappa shape index (κ2) is 7.97. The van der Waals surface area contributed by atoms with Gasteiger partial charge in [-0.1, -0.05) is 13.8 Å². The van der Waals surface area contributed by atoms with Gasteiger partial charge in [-0.05, 0) is 19.3 Å². The lowest BCUT2D eigenvalue weighted by molar-refractivity contribution is -0.130. The van der Waals surface area contributed by atoms with Crippen LogP contribution in [-0.2, 0) is 14.4 Å². The predicted octanol–water partition coefficient (Wildman–Crippen LogP) is 0.660. The molecule has 3 N–H and O–H groups in total. The van der Waals surface area contributed by atoms with E-state index in [0.717, 1.165) is 0 Å². The first kappa shape index (κ1) is 16.8. The lowest BCUT2D eigenvalue weighted by Gasteiger charge is -2.19. The van der Waals surface area contributed by atoms with Crippen molar-refractivity contribution in [3.8, 4) is 0 Å². The van der Waals surface area contributed by atoms with Gasteiger partial charge >= 0.3 is 0 Å². The number of hydrogen-bond acceptors (Lipinski definition) is 4. The van der Waals surface area contributed by atoms with Crippen LogP contribution in [0.4, 0.5) is 0 Å². The van der Waals surface area contributed by atoms with E-state index < -0.39 is 6.04 Å². The summed E-state index contributed by atoms with van der Waals surface area (Å²) in [5.74, 6) is -0.379. The summed E-state index contributed by atoms with van der Waals surface area (Å²) in [6, 6.07) is -0.684. The number of nitrogens with one attached hydrogen (secondary N) is 1. The number of hydrogen-bond donors (Lipinski definition) is 2. The molecule has 1 amide bonds. The average molecular weight is 256 g/mol. The third-order valence-corrected chi connectivity index (χ3v) is 2.78. The quantitative estimate of drug-likeness (QED) is 0.667. The van der Waals surface area contributed by atoms with Gasteiger partial charge in [-0.25, -0.2) is 0 Å². The lowest BCUT2D eigenvalue weighted by atomic mass is 9.88.